The lowest BCUT2D eigenvalue weighted by Crippen LogP contribution is -2.38. The van der Waals surface area contributed by atoms with Crippen molar-refractivity contribution in [1.82, 2.24) is 4.90 Å². The molecule has 1 aliphatic rings. The van der Waals surface area contributed by atoms with Gasteiger partial charge in [-0.2, -0.15) is 0 Å². The van der Waals surface area contributed by atoms with Gasteiger partial charge in [-0.3, -0.25) is 4.90 Å². The van der Waals surface area contributed by atoms with Gasteiger partial charge in [-0.15, -0.1) is 0 Å². The zero-order valence-electron chi connectivity index (χ0n) is 19.0. The van der Waals surface area contributed by atoms with Gasteiger partial charge in [0.1, 0.15) is 18.5 Å². The van der Waals surface area contributed by atoms with Gasteiger partial charge in [0.15, 0.2) is 0 Å². The molecule has 0 saturated heterocycles. The third kappa shape index (κ3) is 10.1. The van der Waals surface area contributed by atoms with Crippen LogP contribution in [-0.4, -0.2) is 68.8 Å². The van der Waals surface area contributed by atoms with E-state index in [-0.39, 0.29) is 6.61 Å². The Bertz CT molecular complexity index is 737. The second-order valence-electron chi connectivity index (χ2n) is 8.50. The zero-order chi connectivity index (χ0) is 22.4. The smallest absolute Gasteiger partial charge is 0.119 e. The van der Waals surface area contributed by atoms with Crippen molar-refractivity contribution < 1.29 is 19.3 Å². The van der Waals surface area contributed by atoms with Gasteiger partial charge in [0.25, 0.3) is 0 Å². The summed E-state index contributed by atoms with van der Waals surface area (Å²) in [5.74, 6) is 1.56. The van der Waals surface area contributed by atoms with Gasteiger partial charge in [0.05, 0.1) is 19.8 Å². The SMILES string of the molecule is NCCN(Cc1ccccc1)CC(O)COc1ccc(CCOCCOCC2CC2)cc1. The van der Waals surface area contributed by atoms with E-state index < -0.39 is 6.10 Å². The molecular weight excluding hydrogens is 404 g/mol. The molecule has 1 aliphatic carbocycles. The first kappa shape index (κ1) is 24.7. The number of benzene rings is 2. The molecule has 0 spiro atoms. The van der Waals surface area contributed by atoms with Crippen LogP contribution >= 0.6 is 0 Å². The molecule has 0 aromatic heterocycles. The van der Waals surface area contributed by atoms with Crippen LogP contribution in [0, 0.1) is 5.92 Å². The van der Waals surface area contributed by atoms with Gasteiger partial charge in [0, 0.05) is 32.8 Å². The fraction of sp³-hybridized carbons (Fsp3) is 0.538. The van der Waals surface area contributed by atoms with Crippen LogP contribution < -0.4 is 10.5 Å². The monoisotopic (exact) mass is 442 g/mol. The first-order chi connectivity index (χ1) is 15.7. The molecule has 6 heteroatoms. The summed E-state index contributed by atoms with van der Waals surface area (Å²) in [6, 6.07) is 18.2. The van der Waals surface area contributed by atoms with Crippen LogP contribution in [0.1, 0.15) is 24.0 Å². The molecule has 1 saturated carbocycles. The first-order valence-electron chi connectivity index (χ1n) is 11.7. The fourth-order valence-corrected chi connectivity index (χ4v) is 3.50. The molecule has 0 bridgehead atoms. The molecule has 3 rings (SSSR count). The average Bonchev–Trinajstić information content (AvgIpc) is 3.63. The van der Waals surface area contributed by atoms with E-state index >= 15 is 0 Å². The Balaban J connectivity index is 1.29. The van der Waals surface area contributed by atoms with Crippen molar-refractivity contribution in [2.75, 3.05) is 52.7 Å². The van der Waals surface area contributed by atoms with Crippen molar-refractivity contribution in [3.05, 3.63) is 65.7 Å². The molecule has 0 aliphatic heterocycles. The lowest BCUT2D eigenvalue weighted by Gasteiger charge is -2.24. The predicted molar refractivity (Wildman–Crippen MR) is 127 cm³/mol. The van der Waals surface area contributed by atoms with Crippen LogP contribution in [-0.2, 0) is 22.4 Å². The third-order valence-electron chi connectivity index (χ3n) is 5.49. The van der Waals surface area contributed by atoms with Gasteiger partial charge < -0.3 is 25.1 Å². The Morgan fingerprint density at radius 3 is 2.41 bits per heavy atom. The molecule has 0 amide bonds. The van der Waals surface area contributed by atoms with E-state index in [1.807, 2.05) is 42.5 Å². The van der Waals surface area contributed by atoms with Crippen LogP contribution in [0.4, 0.5) is 0 Å². The molecule has 1 unspecified atom stereocenters. The summed E-state index contributed by atoms with van der Waals surface area (Å²) in [4.78, 5) is 2.16. The Labute approximate surface area is 192 Å². The van der Waals surface area contributed by atoms with Gasteiger partial charge in [-0.05, 0) is 48.4 Å². The van der Waals surface area contributed by atoms with Gasteiger partial charge in [0.2, 0.25) is 0 Å². The average molecular weight is 443 g/mol. The fourth-order valence-electron chi connectivity index (χ4n) is 3.50. The predicted octanol–water partition coefficient (Wildman–Crippen LogP) is 2.87. The molecule has 2 aromatic rings. The van der Waals surface area contributed by atoms with E-state index in [9.17, 15) is 5.11 Å². The molecule has 1 fully saturated rings. The largest absolute Gasteiger partial charge is 0.491 e. The molecule has 1 atom stereocenters. The highest BCUT2D eigenvalue weighted by Gasteiger charge is 2.20. The van der Waals surface area contributed by atoms with E-state index in [1.54, 1.807) is 0 Å². The molecule has 2 aromatic carbocycles. The van der Waals surface area contributed by atoms with E-state index in [1.165, 1.54) is 24.0 Å². The minimum Gasteiger partial charge on any atom is -0.491 e. The van der Waals surface area contributed by atoms with Crippen molar-refractivity contribution >= 4 is 0 Å². The quantitative estimate of drug-likeness (QED) is 0.367. The number of aliphatic hydroxyl groups excluding tert-OH is 1. The molecular formula is C26H38N2O4. The molecule has 176 valence electrons. The van der Waals surface area contributed by atoms with Crippen molar-refractivity contribution in [3.63, 3.8) is 0 Å². The number of rotatable bonds is 17. The summed E-state index contributed by atoms with van der Waals surface area (Å²) in [5.41, 5.74) is 8.16. The van der Waals surface area contributed by atoms with Gasteiger partial charge in [-0.25, -0.2) is 0 Å². The third-order valence-corrected chi connectivity index (χ3v) is 5.49. The number of aliphatic hydroxyl groups is 1. The van der Waals surface area contributed by atoms with Crippen molar-refractivity contribution in [3.8, 4) is 5.75 Å². The van der Waals surface area contributed by atoms with Crippen LogP contribution in [0.15, 0.2) is 54.6 Å². The van der Waals surface area contributed by atoms with Gasteiger partial charge >= 0.3 is 0 Å². The Morgan fingerprint density at radius 1 is 0.938 bits per heavy atom. The molecule has 6 nitrogen and oxygen atoms in total. The number of hydrogen-bond acceptors (Lipinski definition) is 6. The second kappa shape index (κ2) is 14.2. The summed E-state index contributed by atoms with van der Waals surface area (Å²) in [6.07, 6.45) is 2.92. The minimum atomic E-state index is -0.583. The highest BCUT2D eigenvalue weighted by atomic mass is 16.5. The number of nitrogens with zero attached hydrogens (tertiary/aromatic N) is 1. The van der Waals surface area contributed by atoms with Crippen LogP contribution in [0.25, 0.3) is 0 Å². The highest BCUT2D eigenvalue weighted by Crippen LogP contribution is 2.28. The summed E-state index contributed by atoms with van der Waals surface area (Å²) in [5, 5.41) is 10.4. The Kier molecular flexibility index (Phi) is 11.0. The maximum Gasteiger partial charge on any atom is 0.119 e. The highest BCUT2D eigenvalue weighted by molar-refractivity contribution is 5.27. The van der Waals surface area contributed by atoms with Crippen molar-refractivity contribution in [1.29, 1.82) is 0 Å². The lowest BCUT2D eigenvalue weighted by molar-refractivity contribution is 0.0448. The zero-order valence-corrected chi connectivity index (χ0v) is 19.0. The Hall–Kier alpha value is -1.96. The van der Waals surface area contributed by atoms with E-state index in [2.05, 4.69) is 17.0 Å². The second-order valence-corrected chi connectivity index (χ2v) is 8.50. The van der Waals surface area contributed by atoms with Crippen LogP contribution in [0.3, 0.4) is 0 Å². The topological polar surface area (TPSA) is 77.2 Å². The molecule has 32 heavy (non-hydrogen) atoms. The number of hydrogen-bond donors (Lipinski definition) is 2. The summed E-state index contributed by atoms with van der Waals surface area (Å²) in [6.45, 7) is 5.72. The van der Waals surface area contributed by atoms with Crippen molar-refractivity contribution in [2.24, 2.45) is 11.7 Å². The minimum absolute atomic E-state index is 0.249. The molecule has 3 N–H and O–H groups in total. The standard InChI is InChI=1S/C26H38N2O4/c27-13-14-28(18-23-4-2-1-3-5-23)19-25(29)21-32-26-10-8-22(9-11-26)12-15-30-16-17-31-20-24-6-7-24/h1-5,8-11,24-25,29H,6-7,12-21,27H2. The maximum absolute atomic E-state index is 10.4. The lowest BCUT2D eigenvalue weighted by atomic mass is 10.1. The van der Waals surface area contributed by atoms with Gasteiger partial charge in [-0.1, -0.05) is 42.5 Å². The van der Waals surface area contributed by atoms with Crippen LogP contribution in [0.2, 0.25) is 0 Å². The van der Waals surface area contributed by atoms with Crippen LogP contribution in [0.5, 0.6) is 5.75 Å². The molecule has 0 heterocycles. The summed E-state index contributed by atoms with van der Waals surface area (Å²) >= 11 is 0. The van der Waals surface area contributed by atoms with E-state index in [4.69, 9.17) is 19.9 Å². The van der Waals surface area contributed by atoms with Crippen molar-refractivity contribution in [2.45, 2.75) is 31.9 Å². The number of nitrogens with two attached hydrogens (primary N) is 1. The Morgan fingerprint density at radius 2 is 1.69 bits per heavy atom. The summed E-state index contributed by atoms with van der Waals surface area (Å²) < 4.78 is 17.0. The first-order valence-corrected chi connectivity index (χ1v) is 11.7. The maximum atomic E-state index is 10.4. The van der Waals surface area contributed by atoms with E-state index in [0.29, 0.717) is 32.9 Å². The van der Waals surface area contributed by atoms with E-state index in [0.717, 1.165) is 37.8 Å². The normalized spacial score (nSPS) is 14.6. The number of ether oxygens (including phenoxy) is 3. The summed E-state index contributed by atoms with van der Waals surface area (Å²) in [7, 11) is 0. The molecule has 0 radical (unpaired) electrons.